The number of aryl methyl sites for hydroxylation is 1. The third kappa shape index (κ3) is 3.75. The van der Waals surface area contributed by atoms with E-state index in [1.54, 1.807) is 6.07 Å². The third-order valence-corrected chi connectivity index (χ3v) is 5.12. The van der Waals surface area contributed by atoms with Crippen LogP contribution in [-0.4, -0.2) is 16.9 Å². The van der Waals surface area contributed by atoms with E-state index in [9.17, 15) is 4.39 Å². The van der Waals surface area contributed by atoms with Gasteiger partial charge in [0.05, 0.1) is 18.3 Å². The molecule has 0 amide bonds. The zero-order valence-electron chi connectivity index (χ0n) is 15.9. The van der Waals surface area contributed by atoms with Gasteiger partial charge >= 0.3 is 0 Å². The molecule has 2 rings (SSSR count). The molecule has 0 N–H and O–H groups in total. The minimum Gasteiger partial charge on any atom is -0.496 e. The predicted molar refractivity (Wildman–Crippen MR) is 106 cm³/mol. The lowest BCUT2D eigenvalue weighted by Crippen LogP contribution is -2.04. The molecule has 1 heterocycles. The van der Waals surface area contributed by atoms with Crippen LogP contribution in [0.4, 0.5) is 4.39 Å². The lowest BCUT2D eigenvalue weighted by Gasteiger charge is -2.20. The smallest absolute Gasteiger partial charge is 0.142 e. The van der Waals surface area contributed by atoms with E-state index in [0.717, 1.165) is 28.0 Å². The molecule has 138 valence electrons. The van der Waals surface area contributed by atoms with Crippen molar-refractivity contribution in [3.05, 3.63) is 76.4 Å². The molecule has 0 aliphatic rings. The molecule has 0 spiro atoms. The van der Waals surface area contributed by atoms with Crippen molar-refractivity contribution < 1.29 is 9.13 Å². The fourth-order valence-electron chi connectivity index (χ4n) is 2.90. The first-order valence-corrected chi connectivity index (χ1v) is 8.64. The van der Waals surface area contributed by atoms with Crippen LogP contribution < -0.4 is 4.74 Å². The number of halogens is 2. The van der Waals surface area contributed by atoms with Crippen molar-refractivity contribution in [2.75, 3.05) is 7.11 Å². The van der Waals surface area contributed by atoms with Crippen LogP contribution >= 0.6 is 11.6 Å². The van der Waals surface area contributed by atoms with E-state index in [0.29, 0.717) is 11.3 Å². The van der Waals surface area contributed by atoms with Crippen LogP contribution in [0.25, 0.3) is 5.57 Å². The van der Waals surface area contributed by atoms with Crippen LogP contribution in [0.15, 0.2) is 48.7 Å². The highest BCUT2D eigenvalue weighted by Crippen LogP contribution is 2.40. The summed E-state index contributed by atoms with van der Waals surface area (Å²) >= 11 is 6.19. The SMILES string of the molecule is C=C(/C=C(\C)c1cnn(C)c1C)C(=C)[C@H](C)c1c(OC)ccc(F)c1Cl. The fraction of sp³-hybridized carbons (Fsp3) is 0.286. The lowest BCUT2D eigenvalue weighted by atomic mass is 9.88. The Hall–Kier alpha value is -2.33. The predicted octanol–water partition coefficient (Wildman–Crippen LogP) is 5.85. The number of hydrogen-bond donors (Lipinski definition) is 0. The zero-order valence-corrected chi connectivity index (χ0v) is 16.6. The molecule has 2 aromatic rings. The Labute approximate surface area is 159 Å². The van der Waals surface area contributed by atoms with Crippen LogP contribution in [0.1, 0.15) is 36.6 Å². The van der Waals surface area contributed by atoms with E-state index < -0.39 is 5.82 Å². The van der Waals surface area contributed by atoms with E-state index >= 15 is 0 Å². The van der Waals surface area contributed by atoms with E-state index in [-0.39, 0.29) is 10.9 Å². The summed E-state index contributed by atoms with van der Waals surface area (Å²) in [5, 5.41) is 4.31. The van der Waals surface area contributed by atoms with Gasteiger partial charge in [0.2, 0.25) is 0 Å². The Balaban J connectivity index is 2.34. The maximum Gasteiger partial charge on any atom is 0.142 e. The molecular weight excluding hydrogens is 351 g/mol. The third-order valence-electron chi connectivity index (χ3n) is 4.73. The number of nitrogens with zero attached hydrogens (tertiary/aromatic N) is 2. The van der Waals surface area contributed by atoms with Crippen LogP contribution in [0.2, 0.25) is 5.02 Å². The summed E-state index contributed by atoms with van der Waals surface area (Å²) < 4.78 is 21.1. The first-order chi connectivity index (χ1) is 12.2. The largest absolute Gasteiger partial charge is 0.496 e. The summed E-state index contributed by atoms with van der Waals surface area (Å²) in [4.78, 5) is 0. The van der Waals surface area contributed by atoms with E-state index in [4.69, 9.17) is 16.3 Å². The fourth-order valence-corrected chi connectivity index (χ4v) is 3.22. The highest BCUT2D eigenvalue weighted by atomic mass is 35.5. The topological polar surface area (TPSA) is 27.1 Å². The molecule has 0 bridgehead atoms. The number of allylic oxidation sites excluding steroid dienone is 4. The van der Waals surface area contributed by atoms with Gasteiger partial charge in [0.25, 0.3) is 0 Å². The summed E-state index contributed by atoms with van der Waals surface area (Å²) in [6.45, 7) is 14.2. The summed E-state index contributed by atoms with van der Waals surface area (Å²) in [5.41, 5.74) is 5.23. The van der Waals surface area contributed by atoms with Crippen LogP contribution in [0, 0.1) is 12.7 Å². The first kappa shape index (κ1) is 20.0. The van der Waals surface area contributed by atoms with Gasteiger partial charge < -0.3 is 4.74 Å². The second-order valence-electron chi connectivity index (χ2n) is 6.34. The van der Waals surface area contributed by atoms with E-state index in [1.807, 2.05) is 44.8 Å². The minimum absolute atomic E-state index is 0.0506. The van der Waals surface area contributed by atoms with Gasteiger partial charge in [0.15, 0.2) is 0 Å². The monoisotopic (exact) mass is 374 g/mol. The van der Waals surface area contributed by atoms with Gasteiger partial charge in [-0.1, -0.05) is 37.8 Å². The van der Waals surface area contributed by atoms with Crippen molar-refractivity contribution in [3.63, 3.8) is 0 Å². The zero-order chi connectivity index (χ0) is 19.6. The molecule has 0 aliphatic heterocycles. The Morgan fingerprint density at radius 3 is 2.58 bits per heavy atom. The second-order valence-corrected chi connectivity index (χ2v) is 6.72. The van der Waals surface area contributed by atoms with Crippen molar-refractivity contribution in [1.82, 2.24) is 9.78 Å². The average molecular weight is 375 g/mol. The molecule has 0 aliphatic carbocycles. The highest BCUT2D eigenvalue weighted by Gasteiger charge is 2.21. The highest BCUT2D eigenvalue weighted by molar-refractivity contribution is 6.31. The number of ether oxygens (including phenoxy) is 1. The van der Waals surface area contributed by atoms with Gasteiger partial charge in [-0.05, 0) is 42.7 Å². The lowest BCUT2D eigenvalue weighted by molar-refractivity contribution is 0.407. The number of aromatic nitrogens is 2. The molecule has 5 heteroatoms. The summed E-state index contributed by atoms with van der Waals surface area (Å²) in [7, 11) is 3.44. The van der Waals surface area contributed by atoms with Gasteiger partial charge in [-0.2, -0.15) is 5.10 Å². The van der Waals surface area contributed by atoms with Crippen molar-refractivity contribution in [2.24, 2.45) is 7.05 Å². The van der Waals surface area contributed by atoms with Gasteiger partial charge in [-0.25, -0.2) is 4.39 Å². The first-order valence-electron chi connectivity index (χ1n) is 8.26. The Kier molecular flexibility index (Phi) is 6.09. The maximum absolute atomic E-state index is 13.9. The maximum atomic E-state index is 13.9. The van der Waals surface area contributed by atoms with Gasteiger partial charge in [0.1, 0.15) is 11.6 Å². The minimum atomic E-state index is -0.481. The molecule has 1 aromatic carbocycles. The van der Waals surface area contributed by atoms with Crippen molar-refractivity contribution >= 4 is 17.2 Å². The number of rotatable bonds is 6. The van der Waals surface area contributed by atoms with Gasteiger partial charge in [0, 0.05) is 29.8 Å². The van der Waals surface area contributed by atoms with Crippen LogP contribution in [-0.2, 0) is 7.05 Å². The number of methoxy groups -OCH3 is 1. The van der Waals surface area contributed by atoms with Gasteiger partial charge in [-0.3, -0.25) is 4.68 Å². The van der Waals surface area contributed by atoms with Crippen LogP contribution in [0.5, 0.6) is 5.75 Å². The molecule has 0 saturated carbocycles. The molecule has 0 radical (unpaired) electrons. The molecular formula is C21H24ClFN2O. The molecule has 1 aromatic heterocycles. The van der Waals surface area contributed by atoms with E-state index in [1.165, 1.54) is 13.2 Å². The van der Waals surface area contributed by atoms with Crippen molar-refractivity contribution in [2.45, 2.75) is 26.7 Å². The van der Waals surface area contributed by atoms with E-state index in [2.05, 4.69) is 18.3 Å². The molecule has 26 heavy (non-hydrogen) atoms. The molecule has 3 nitrogen and oxygen atoms in total. The summed E-state index contributed by atoms with van der Waals surface area (Å²) in [5.74, 6) is -0.202. The average Bonchev–Trinajstić information content (AvgIpc) is 2.95. The molecule has 0 saturated heterocycles. The molecule has 1 atom stereocenters. The molecule has 0 fully saturated rings. The Bertz CT molecular complexity index is 896. The normalized spacial score (nSPS) is 12.8. The molecule has 0 unspecified atom stereocenters. The second kappa shape index (κ2) is 7.92. The number of hydrogen-bond acceptors (Lipinski definition) is 2. The van der Waals surface area contributed by atoms with Crippen molar-refractivity contribution in [1.29, 1.82) is 0 Å². The quantitative estimate of drug-likeness (QED) is 0.593. The van der Waals surface area contributed by atoms with Crippen LogP contribution in [0.3, 0.4) is 0 Å². The Morgan fingerprint density at radius 1 is 1.38 bits per heavy atom. The standard InChI is InChI=1S/C21H24ClFN2O/c1-12(10-13(2)17-11-24-25(6)16(17)5)14(3)15(4)20-19(26-7)9-8-18(23)21(20)22/h8-11,15H,1,3H2,2,4-7H3/b13-10+/t15-/m0/s1. The summed E-state index contributed by atoms with van der Waals surface area (Å²) in [6, 6.07) is 2.87. The summed E-state index contributed by atoms with van der Waals surface area (Å²) in [6.07, 6.45) is 3.79. The Morgan fingerprint density at radius 2 is 2.04 bits per heavy atom. The van der Waals surface area contributed by atoms with Gasteiger partial charge in [-0.15, -0.1) is 0 Å². The van der Waals surface area contributed by atoms with Crippen molar-refractivity contribution in [3.8, 4) is 5.75 Å². The number of benzene rings is 1.